The molecule has 1 atom stereocenters. The molecule has 96 valence electrons. The second-order valence-corrected chi connectivity index (χ2v) is 4.42. The molecule has 1 aromatic heterocycles. The molecular weight excluding hydrogens is 230 g/mol. The van der Waals surface area contributed by atoms with E-state index in [1.54, 1.807) is 16.7 Å². The highest BCUT2D eigenvalue weighted by Gasteiger charge is 2.13. The first-order chi connectivity index (χ1) is 8.61. The van der Waals surface area contributed by atoms with Crippen LogP contribution in [0.25, 0.3) is 0 Å². The quantitative estimate of drug-likeness (QED) is 0.866. The van der Waals surface area contributed by atoms with E-state index in [2.05, 4.69) is 10.2 Å². The maximum absolute atomic E-state index is 11.7. The molecule has 0 radical (unpaired) electrons. The molecule has 0 aliphatic carbocycles. The van der Waals surface area contributed by atoms with Crippen molar-refractivity contribution < 1.29 is 5.11 Å². The summed E-state index contributed by atoms with van der Waals surface area (Å²) in [5.74, 6) is 0.958. The van der Waals surface area contributed by atoms with Gasteiger partial charge in [0.25, 0.3) is 0 Å². The number of hydrogen-bond donors (Lipinski definition) is 2. The van der Waals surface area contributed by atoms with Gasteiger partial charge >= 0.3 is 5.69 Å². The van der Waals surface area contributed by atoms with Crippen molar-refractivity contribution in [2.75, 3.05) is 0 Å². The minimum absolute atomic E-state index is 0.128. The van der Waals surface area contributed by atoms with Crippen LogP contribution < -0.4 is 5.69 Å². The molecule has 0 fully saturated rings. The number of aromatic hydroxyl groups is 1. The van der Waals surface area contributed by atoms with E-state index >= 15 is 0 Å². The Morgan fingerprint density at radius 1 is 1.39 bits per heavy atom. The van der Waals surface area contributed by atoms with Crippen LogP contribution in [0.2, 0.25) is 0 Å². The molecule has 0 aliphatic rings. The van der Waals surface area contributed by atoms with Gasteiger partial charge in [0.05, 0.1) is 0 Å². The summed E-state index contributed by atoms with van der Waals surface area (Å²) in [7, 11) is 0. The zero-order valence-corrected chi connectivity index (χ0v) is 10.6. The van der Waals surface area contributed by atoms with E-state index in [1.807, 2.05) is 26.0 Å². The zero-order valence-electron chi connectivity index (χ0n) is 10.6. The molecule has 0 amide bonds. The third-order valence-corrected chi connectivity index (χ3v) is 3.11. The van der Waals surface area contributed by atoms with E-state index in [0.29, 0.717) is 6.42 Å². The molecule has 0 aliphatic heterocycles. The van der Waals surface area contributed by atoms with Crippen LogP contribution in [0.1, 0.15) is 37.7 Å². The van der Waals surface area contributed by atoms with E-state index in [-0.39, 0.29) is 17.5 Å². The van der Waals surface area contributed by atoms with E-state index in [0.717, 1.165) is 17.8 Å². The molecule has 18 heavy (non-hydrogen) atoms. The summed E-state index contributed by atoms with van der Waals surface area (Å²) in [6.45, 7) is 4.03. The summed E-state index contributed by atoms with van der Waals surface area (Å²) in [5, 5.41) is 15.8. The van der Waals surface area contributed by atoms with Gasteiger partial charge in [-0.2, -0.15) is 5.10 Å². The molecule has 0 saturated carbocycles. The molecule has 2 aromatic rings. The zero-order chi connectivity index (χ0) is 13.1. The van der Waals surface area contributed by atoms with Crippen LogP contribution in [0.4, 0.5) is 0 Å². The molecule has 1 heterocycles. The summed E-state index contributed by atoms with van der Waals surface area (Å²) >= 11 is 0. The first kappa shape index (κ1) is 12.4. The molecular formula is C13H17N3O2. The number of aromatic amines is 1. The van der Waals surface area contributed by atoms with Gasteiger partial charge in [0.1, 0.15) is 11.6 Å². The van der Waals surface area contributed by atoms with Crippen LogP contribution in [0, 0.1) is 0 Å². The fourth-order valence-electron chi connectivity index (χ4n) is 1.90. The van der Waals surface area contributed by atoms with Crippen molar-refractivity contribution >= 4 is 0 Å². The van der Waals surface area contributed by atoms with E-state index < -0.39 is 0 Å². The fraction of sp³-hybridized carbons (Fsp3) is 0.385. The molecule has 1 unspecified atom stereocenters. The van der Waals surface area contributed by atoms with Gasteiger partial charge in [-0.25, -0.2) is 9.89 Å². The van der Waals surface area contributed by atoms with Crippen LogP contribution in [-0.2, 0) is 6.42 Å². The van der Waals surface area contributed by atoms with E-state index in [1.165, 1.54) is 0 Å². The Balaban J connectivity index is 2.29. The highest BCUT2D eigenvalue weighted by molar-refractivity contribution is 5.27. The number of nitrogens with one attached hydrogen (secondary N) is 1. The van der Waals surface area contributed by atoms with Crippen molar-refractivity contribution in [3.05, 3.63) is 46.1 Å². The van der Waals surface area contributed by atoms with Crippen molar-refractivity contribution in [2.45, 2.75) is 32.7 Å². The molecule has 5 heteroatoms. The highest BCUT2D eigenvalue weighted by atomic mass is 16.3. The summed E-state index contributed by atoms with van der Waals surface area (Å²) < 4.78 is 1.69. The molecule has 2 N–H and O–H groups in total. The Bertz CT molecular complexity index is 569. The maximum Gasteiger partial charge on any atom is 0.343 e. The van der Waals surface area contributed by atoms with Crippen molar-refractivity contribution in [2.24, 2.45) is 0 Å². The molecule has 0 bridgehead atoms. The van der Waals surface area contributed by atoms with Crippen LogP contribution in [0.3, 0.4) is 0 Å². The lowest BCUT2D eigenvalue weighted by molar-refractivity contribution is 0.475. The lowest BCUT2D eigenvalue weighted by Crippen LogP contribution is -2.22. The monoisotopic (exact) mass is 247 g/mol. The largest absolute Gasteiger partial charge is 0.508 e. The Morgan fingerprint density at radius 3 is 2.67 bits per heavy atom. The second kappa shape index (κ2) is 5.08. The van der Waals surface area contributed by atoms with Gasteiger partial charge in [0.15, 0.2) is 0 Å². The summed E-state index contributed by atoms with van der Waals surface area (Å²) in [4.78, 5) is 11.7. The first-order valence-electron chi connectivity index (χ1n) is 6.05. The third kappa shape index (κ3) is 2.45. The summed E-state index contributed by atoms with van der Waals surface area (Å²) in [6, 6.07) is 7.05. The van der Waals surface area contributed by atoms with E-state index in [9.17, 15) is 9.90 Å². The number of phenolic OH excluding ortho intramolecular Hbond substituents is 1. The van der Waals surface area contributed by atoms with E-state index in [4.69, 9.17) is 0 Å². The van der Waals surface area contributed by atoms with Crippen LogP contribution in [0.15, 0.2) is 29.1 Å². The van der Waals surface area contributed by atoms with Crippen molar-refractivity contribution in [3.8, 4) is 5.75 Å². The average molecular weight is 247 g/mol. The average Bonchev–Trinajstić information content (AvgIpc) is 2.72. The fourth-order valence-corrected chi connectivity index (χ4v) is 1.90. The number of aromatic nitrogens is 3. The van der Waals surface area contributed by atoms with Gasteiger partial charge in [-0.05, 0) is 31.0 Å². The number of H-pyrrole nitrogens is 1. The number of nitrogens with zero attached hydrogens (tertiary/aromatic N) is 2. The Morgan fingerprint density at radius 2 is 2.06 bits per heavy atom. The van der Waals surface area contributed by atoms with Crippen molar-refractivity contribution in [1.82, 2.24) is 14.8 Å². The minimum Gasteiger partial charge on any atom is -0.508 e. The van der Waals surface area contributed by atoms with Gasteiger partial charge in [-0.15, -0.1) is 0 Å². The van der Waals surface area contributed by atoms with Gasteiger partial charge in [-0.1, -0.05) is 19.1 Å². The molecule has 0 saturated heterocycles. The third-order valence-electron chi connectivity index (χ3n) is 3.11. The predicted octanol–water partition coefficient (Wildman–Crippen LogP) is 1.84. The Hall–Kier alpha value is -2.04. The van der Waals surface area contributed by atoms with Crippen molar-refractivity contribution in [3.63, 3.8) is 0 Å². The number of hydrogen-bond acceptors (Lipinski definition) is 3. The molecule has 5 nitrogen and oxygen atoms in total. The molecule has 2 rings (SSSR count). The van der Waals surface area contributed by atoms with Gasteiger partial charge in [-0.3, -0.25) is 4.57 Å². The predicted molar refractivity (Wildman–Crippen MR) is 68.8 cm³/mol. The summed E-state index contributed by atoms with van der Waals surface area (Å²) in [5.41, 5.74) is 0.842. The number of rotatable bonds is 4. The summed E-state index contributed by atoms with van der Waals surface area (Å²) in [6.07, 6.45) is 1.45. The van der Waals surface area contributed by atoms with Gasteiger partial charge in [0, 0.05) is 12.5 Å². The lowest BCUT2D eigenvalue weighted by Gasteiger charge is -2.12. The van der Waals surface area contributed by atoms with Crippen LogP contribution in [0.5, 0.6) is 5.75 Å². The topological polar surface area (TPSA) is 70.9 Å². The lowest BCUT2D eigenvalue weighted by atomic mass is 10.1. The number of benzene rings is 1. The minimum atomic E-state index is -0.168. The smallest absolute Gasteiger partial charge is 0.343 e. The first-order valence-corrected chi connectivity index (χ1v) is 6.05. The van der Waals surface area contributed by atoms with Gasteiger partial charge < -0.3 is 5.11 Å². The Labute approximate surface area is 105 Å². The highest BCUT2D eigenvalue weighted by Crippen LogP contribution is 2.15. The molecule has 0 spiro atoms. The molecule has 1 aromatic carbocycles. The normalized spacial score (nSPS) is 12.6. The standard InChI is InChI=1S/C13H17N3O2/c1-3-9(2)16-12(14-15-13(16)18)8-10-4-6-11(17)7-5-10/h4-7,9,17H,3,8H2,1-2H3,(H,15,18). The van der Waals surface area contributed by atoms with Gasteiger partial charge in [0.2, 0.25) is 0 Å². The maximum atomic E-state index is 11.7. The van der Waals surface area contributed by atoms with Crippen molar-refractivity contribution in [1.29, 1.82) is 0 Å². The van der Waals surface area contributed by atoms with Crippen LogP contribution >= 0.6 is 0 Å². The van der Waals surface area contributed by atoms with Crippen LogP contribution in [-0.4, -0.2) is 19.9 Å². The number of phenols is 1. The second-order valence-electron chi connectivity index (χ2n) is 4.42. The Kier molecular flexibility index (Phi) is 3.50. The SMILES string of the molecule is CCC(C)n1c(Cc2ccc(O)cc2)n[nH]c1=O.